The predicted octanol–water partition coefficient (Wildman–Crippen LogP) is 28.4. The summed E-state index contributed by atoms with van der Waals surface area (Å²) in [7, 11) is 0. The van der Waals surface area contributed by atoms with Crippen molar-refractivity contribution in [1.82, 2.24) is 18.3 Å². The normalized spacial score (nSPS) is 12.4. The van der Waals surface area contributed by atoms with E-state index in [9.17, 15) is 65.9 Å². The van der Waals surface area contributed by atoms with E-state index < -0.39 is 127 Å². The maximum Gasteiger partial charge on any atom is 0.200 e. The molecule has 584 valence electrons. The fourth-order valence-corrected chi connectivity index (χ4v) is 17.5. The molecule has 0 spiro atoms. The van der Waals surface area contributed by atoms with Crippen LogP contribution in [-0.2, 0) is 5.41 Å². The van der Waals surface area contributed by atoms with Crippen LogP contribution < -0.4 is 0 Å². The molecule has 0 fully saturated rings. The number of hydrogen-bond donors (Lipinski definition) is 0. The molecule has 0 N–H and O–H groups in total. The number of rotatable bonds is 7. The molecule has 0 saturated carbocycles. The minimum Gasteiger partial charge on any atom is -0.309 e. The van der Waals surface area contributed by atoms with Crippen molar-refractivity contribution in [2.75, 3.05) is 0 Å². The zero-order valence-electron chi connectivity index (χ0n) is 62.7. The smallest absolute Gasteiger partial charge is 0.200 e. The summed E-state index contributed by atoms with van der Waals surface area (Å²) >= 11 is 0. The van der Waals surface area contributed by atoms with Gasteiger partial charge < -0.3 is 18.3 Å². The SMILES string of the molecule is Cc1cc(-c2c(F)c(F)c(F)c(F)c2F)cc(C)c1-n1c2ccccc2c2cc(-n3c4ccccc4c4ccccc43)ccc21.Cc1cc(-c2c(F)c(F)c(F)c(F)c2F)cc(C)c1-n1c2ccccc2c2cc3c(cc21)C(C)(C)c1ccccc1-3.Fc1cc(-c2c(F)c(F)c(F)c(F)c2F)cc(F)c1-n1c2ccccc2c2ccccc21. The highest BCUT2D eigenvalue weighted by Crippen LogP contribution is 2.52. The van der Waals surface area contributed by atoms with Crippen molar-refractivity contribution in [3.8, 4) is 67.3 Å². The standard InChI is InChI=1S/C38H23F5N2.C35H24F5N.C24H10F7N/c1-20-17-22(32-33(39)35(41)37(43)36(42)34(32)40)18-21(2)38(20)45-30-14-8-5-11-26(30)27-19-23(15-16-31(27)45)44-28-12-6-3-9-24(28)25-10-4-7-13-29(25)44;1-17-13-19(28-29(36)31(38)33(40)32(39)30(28)37)14-18(2)34(17)41-26-12-8-6-10-21(26)23-15-22-20-9-5-7-11-24(20)35(3,4)25(22)16-27(23)41;25-14-9-11(18-19(27)21(29)23(31)22(30)20(18)28)10-15(26)24(14)32-16-7-3-1-5-12(16)13-6-2-4-8-17(13)32/h3-19H,1-2H3;5-16H,1-4H3;1-10H. The highest BCUT2D eigenvalue weighted by atomic mass is 19.2. The molecule has 19 aromatic rings. The van der Waals surface area contributed by atoms with E-state index in [-0.39, 0.29) is 16.5 Å². The molecule has 21 heteroatoms. The van der Waals surface area contributed by atoms with E-state index in [1.54, 1.807) is 76.2 Å². The Labute approximate surface area is 660 Å². The number of hydrogen-bond acceptors (Lipinski definition) is 0. The zero-order valence-corrected chi connectivity index (χ0v) is 62.7. The number of fused-ring (bicyclic) bond motifs is 15. The second kappa shape index (κ2) is 28.1. The Balaban J connectivity index is 0.000000124. The van der Waals surface area contributed by atoms with Gasteiger partial charge in [-0.25, -0.2) is 74.6 Å². The van der Waals surface area contributed by atoms with E-state index in [1.165, 1.54) is 51.1 Å². The lowest BCUT2D eigenvalue weighted by molar-refractivity contribution is 0.381. The quantitative estimate of drug-likeness (QED) is 0.0861. The Morgan fingerprint density at radius 2 is 0.483 bits per heavy atom. The Kier molecular flexibility index (Phi) is 18.0. The molecule has 0 amide bonds. The Morgan fingerprint density at radius 1 is 0.212 bits per heavy atom. The van der Waals surface area contributed by atoms with E-state index in [0.717, 1.165) is 82.5 Å². The third-order valence-electron chi connectivity index (χ3n) is 22.6. The van der Waals surface area contributed by atoms with Crippen molar-refractivity contribution in [2.45, 2.75) is 47.0 Å². The molecule has 0 atom stereocenters. The van der Waals surface area contributed by atoms with Crippen LogP contribution >= 0.6 is 0 Å². The van der Waals surface area contributed by atoms with Gasteiger partial charge in [-0.15, -0.1) is 0 Å². The first-order valence-electron chi connectivity index (χ1n) is 37.0. The number of halogens is 17. The first kappa shape index (κ1) is 75.7. The van der Waals surface area contributed by atoms with Gasteiger partial charge in [0, 0.05) is 54.2 Å². The van der Waals surface area contributed by atoms with Gasteiger partial charge in [-0.2, -0.15) is 0 Å². The van der Waals surface area contributed by atoms with Gasteiger partial charge in [-0.1, -0.05) is 147 Å². The Hall–Kier alpha value is -13.7. The number of aromatic nitrogens is 4. The summed E-state index contributed by atoms with van der Waals surface area (Å²) in [6.07, 6.45) is 0. The van der Waals surface area contributed by atoms with Crippen molar-refractivity contribution in [3.05, 3.63) is 369 Å². The van der Waals surface area contributed by atoms with E-state index in [0.29, 0.717) is 56.2 Å². The van der Waals surface area contributed by atoms with Crippen molar-refractivity contribution < 1.29 is 74.6 Å². The van der Waals surface area contributed by atoms with Gasteiger partial charge in [0.25, 0.3) is 0 Å². The van der Waals surface area contributed by atoms with E-state index in [4.69, 9.17) is 0 Å². The second-order valence-electron chi connectivity index (χ2n) is 29.8. The van der Waals surface area contributed by atoms with E-state index in [2.05, 4.69) is 119 Å². The molecule has 1 aliphatic carbocycles. The van der Waals surface area contributed by atoms with Crippen LogP contribution in [0.1, 0.15) is 47.2 Å². The lowest BCUT2D eigenvalue weighted by Gasteiger charge is -2.22. The Bertz CT molecular complexity index is 7310. The van der Waals surface area contributed by atoms with Gasteiger partial charge in [-0.05, 0) is 192 Å². The maximum absolute atomic E-state index is 15.2. The van der Waals surface area contributed by atoms with Crippen LogP contribution in [-0.4, -0.2) is 18.3 Å². The molecule has 4 nitrogen and oxygen atoms in total. The molecule has 0 radical (unpaired) electrons. The summed E-state index contributed by atoms with van der Waals surface area (Å²) in [4.78, 5) is 0. The van der Waals surface area contributed by atoms with Gasteiger partial charge in [0.05, 0.1) is 72.2 Å². The summed E-state index contributed by atoms with van der Waals surface area (Å²) < 4.78 is 250. The fraction of sp³-hybridized carbons (Fsp3) is 0.0722. The Morgan fingerprint density at radius 3 is 0.847 bits per heavy atom. The molecule has 1 aliphatic rings. The molecule has 20 rings (SSSR count). The highest BCUT2D eigenvalue weighted by Gasteiger charge is 2.38. The molecule has 15 aromatic carbocycles. The average molecular weight is 1600 g/mol. The van der Waals surface area contributed by atoms with Crippen LogP contribution in [0.25, 0.3) is 154 Å². The minimum absolute atomic E-state index is 0.0743. The molecular formula is C97H57F17N4. The van der Waals surface area contributed by atoms with Crippen LogP contribution in [0.3, 0.4) is 0 Å². The average Bonchev–Trinajstić information content (AvgIpc) is 1.55. The molecule has 4 heterocycles. The zero-order chi connectivity index (χ0) is 82.8. The fourth-order valence-electron chi connectivity index (χ4n) is 17.5. The van der Waals surface area contributed by atoms with Gasteiger partial charge >= 0.3 is 0 Å². The summed E-state index contributed by atoms with van der Waals surface area (Å²) in [6.45, 7) is 11.5. The topological polar surface area (TPSA) is 19.7 Å². The molecule has 0 aliphatic heterocycles. The third kappa shape index (κ3) is 11.3. The number of nitrogens with zero attached hydrogens (tertiary/aromatic N) is 4. The number of benzene rings is 15. The summed E-state index contributed by atoms with van der Waals surface area (Å²) in [5.41, 5.74) is 11.8. The first-order valence-corrected chi connectivity index (χ1v) is 37.0. The molecule has 0 saturated heterocycles. The van der Waals surface area contributed by atoms with Crippen LogP contribution in [0.5, 0.6) is 0 Å². The van der Waals surface area contributed by atoms with Crippen molar-refractivity contribution >= 4 is 87.2 Å². The van der Waals surface area contributed by atoms with Gasteiger partial charge in [-0.3, -0.25) is 0 Å². The van der Waals surface area contributed by atoms with Crippen LogP contribution in [0.15, 0.2) is 237 Å². The predicted molar refractivity (Wildman–Crippen MR) is 429 cm³/mol. The molecule has 0 unspecified atom stereocenters. The number of para-hydroxylation sites is 6. The summed E-state index contributed by atoms with van der Waals surface area (Å²) in [5, 5.41) is 7.89. The number of aryl methyl sites for hydroxylation is 4. The minimum atomic E-state index is -2.36. The maximum atomic E-state index is 15.2. The lowest BCUT2D eigenvalue weighted by atomic mass is 9.82. The van der Waals surface area contributed by atoms with E-state index >= 15 is 8.78 Å². The summed E-state index contributed by atoms with van der Waals surface area (Å²) in [5.74, 6) is -33.2. The molecule has 118 heavy (non-hydrogen) atoms. The van der Waals surface area contributed by atoms with Gasteiger partial charge in [0.15, 0.2) is 81.4 Å². The highest BCUT2D eigenvalue weighted by molar-refractivity contribution is 6.14. The van der Waals surface area contributed by atoms with Gasteiger partial charge in [0.2, 0.25) is 17.5 Å². The molecular weight excluding hydrogens is 1540 g/mol. The van der Waals surface area contributed by atoms with E-state index in [1.807, 2.05) is 60.7 Å². The van der Waals surface area contributed by atoms with Crippen LogP contribution in [0.4, 0.5) is 74.6 Å². The monoisotopic (exact) mass is 1600 g/mol. The van der Waals surface area contributed by atoms with Gasteiger partial charge in [0.1, 0.15) is 5.69 Å². The van der Waals surface area contributed by atoms with Crippen molar-refractivity contribution in [1.29, 1.82) is 0 Å². The van der Waals surface area contributed by atoms with Crippen molar-refractivity contribution in [3.63, 3.8) is 0 Å². The lowest BCUT2D eigenvalue weighted by Crippen LogP contribution is -2.15. The molecule has 0 bridgehead atoms. The summed E-state index contributed by atoms with van der Waals surface area (Å²) in [6, 6.07) is 72.5. The third-order valence-corrected chi connectivity index (χ3v) is 22.6. The van der Waals surface area contributed by atoms with Crippen LogP contribution in [0.2, 0.25) is 0 Å². The first-order chi connectivity index (χ1) is 56.6. The second-order valence-corrected chi connectivity index (χ2v) is 29.8. The molecule has 4 aromatic heterocycles. The van der Waals surface area contributed by atoms with Crippen LogP contribution in [0, 0.1) is 127 Å². The largest absolute Gasteiger partial charge is 0.309 e. The van der Waals surface area contributed by atoms with Crippen molar-refractivity contribution in [2.24, 2.45) is 0 Å².